The molecule has 0 saturated heterocycles. The number of carboxylic acid groups (broad SMARTS) is 1. The molecular weight excluding hydrogens is 394 g/mol. The second-order valence-corrected chi connectivity index (χ2v) is 8.60. The fraction of sp³-hybridized carbons (Fsp3) is 0.375. The summed E-state index contributed by atoms with van der Waals surface area (Å²) < 4.78 is 0. The van der Waals surface area contributed by atoms with Crippen molar-refractivity contribution in [2.45, 2.75) is 59.3 Å². The van der Waals surface area contributed by atoms with Gasteiger partial charge in [-0.2, -0.15) is 0 Å². The van der Waals surface area contributed by atoms with Gasteiger partial charge >= 0.3 is 5.97 Å². The lowest BCUT2D eigenvalue weighted by atomic mass is 10.1. The Balaban J connectivity index is 1.84. The fourth-order valence-electron chi connectivity index (χ4n) is 3.43. The van der Waals surface area contributed by atoms with Crippen molar-refractivity contribution in [2.24, 2.45) is 0 Å². The first-order valence-electron chi connectivity index (χ1n) is 10.5. The van der Waals surface area contributed by atoms with Crippen molar-refractivity contribution in [2.75, 3.05) is 5.32 Å². The van der Waals surface area contributed by atoms with Crippen molar-refractivity contribution in [1.82, 2.24) is 9.97 Å². The summed E-state index contributed by atoms with van der Waals surface area (Å²) in [5, 5.41) is 12.3. The Kier molecular flexibility index (Phi) is 7.57. The van der Waals surface area contributed by atoms with Gasteiger partial charge in [0.25, 0.3) is 0 Å². The molecule has 0 aliphatic carbocycles. The predicted octanol–water partition coefficient (Wildman–Crippen LogP) is 6.18. The number of carbonyl (C=O) groups is 1. The molecule has 0 saturated carbocycles. The first-order chi connectivity index (χ1) is 14.5. The summed E-state index contributed by atoms with van der Waals surface area (Å²) in [6.45, 7) is 6.35. The summed E-state index contributed by atoms with van der Waals surface area (Å²) in [6.07, 6.45) is 5.67. The van der Waals surface area contributed by atoms with Crippen LogP contribution in [0.2, 0.25) is 0 Å². The molecule has 0 unspecified atom stereocenters. The number of nitrogens with one attached hydrogen (secondary N) is 1. The highest BCUT2D eigenvalue weighted by Crippen LogP contribution is 2.30. The quantitative estimate of drug-likeness (QED) is 0.381. The van der Waals surface area contributed by atoms with E-state index in [9.17, 15) is 4.79 Å². The summed E-state index contributed by atoms with van der Waals surface area (Å²) in [7, 11) is 0. The van der Waals surface area contributed by atoms with E-state index in [4.69, 9.17) is 15.1 Å². The van der Waals surface area contributed by atoms with Gasteiger partial charge in [-0.25, -0.2) is 9.97 Å². The maximum atomic E-state index is 10.9. The van der Waals surface area contributed by atoms with Crippen LogP contribution in [0.5, 0.6) is 0 Å². The number of hydrogen-bond acceptors (Lipinski definition) is 5. The van der Waals surface area contributed by atoms with Crippen LogP contribution in [0.1, 0.15) is 54.8 Å². The van der Waals surface area contributed by atoms with E-state index in [0.717, 1.165) is 51.9 Å². The number of benzene rings is 1. The number of unbranched alkanes of at least 4 members (excludes halogenated alkanes) is 2. The summed E-state index contributed by atoms with van der Waals surface area (Å²) in [6, 6.07) is 11.8. The lowest BCUT2D eigenvalue weighted by Crippen LogP contribution is -2.05. The average Bonchev–Trinajstić information content (AvgIpc) is 3.18. The molecule has 5 nitrogen and oxygen atoms in total. The van der Waals surface area contributed by atoms with E-state index < -0.39 is 5.97 Å². The molecule has 6 heteroatoms. The van der Waals surface area contributed by atoms with Crippen LogP contribution in [-0.2, 0) is 24.1 Å². The van der Waals surface area contributed by atoms with Crippen molar-refractivity contribution in [3.05, 3.63) is 58.1 Å². The van der Waals surface area contributed by atoms with Gasteiger partial charge in [0.15, 0.2) is 5.82 Å². The largest absolute Gasteiger partial charge is 0.481 e. The third-order valence-electron chi connectivity index (χ3n) is 5.05. The number of nitrogens with zero attached hydrogens (tertiary/aromatic N) is 2. The van der Waals surface area contributed by atoms with E-state index in [1.165, 1.54) is 24.1 Å². The third kappa shape index (κ3) is 5.66. The van der Waals surface area contributed by atoms with E-state index in [-0.39, 0.29) is 6.42 Å². The van der Waals surface area contributed by atoms with E-state index in [1.807, 2.05) is 31.2 Å². The molecule has 0 atom stereocenters. The minimum atomic E-state index is -0.829. The van der Waals surface area contributed by atoms with Crippen LogP contribution in [0.15, 0.2) is 36.4 Å². The van der Waals surface area contributed by atoms with E-state index in [2.05, 4.69) is 31.3 Å². The lowest BCUT2D eigenvalue weighted by Gasteiger charge is -2.14. The van der Waals surface area contributed by atoms with Gasteiger partial charge in [0, 0.05) is 21.8 Å². The monoisotopic (exact) mass is 423 g/mol. The molecule has 2 aromatic heterocycles. The molecule has 1 aromatic carbocycles. The zero-order valence-electron chi connectivity index (χ0n) is 17.9. The Morgan fingerprint density at radius 3 is 2.50 bits per heavy atom. The fourth-order valence-corrected chi connectivity index (χ4v) is 4.42. The summed E-state index contributed by atoms with van der Waals surface area (Å²) in [5.41, 5.74) is 3.73. The van der Waals surface area contributed by atoms with Gasteiger partial charge in [0.2, 0.25) is 0 Å². The molecule has 0 spiro atoms. The number of hydrogen-bond donors (Lipinski definition) is 2. The maximum Gasteiger partial charge on any atom is 0.307 e. The molecule has 0 amide bonds. The average molecular weight is 424 g/mol. The molecule has 0 radical (unpaired) electrons. The molecule has 2 heterocycles. The second kappa shape index (κ2) is 10.3. The topological polar surface area (TPSA) is 75.1 Å². The Labute approximate surface area is 182 Å². The third-order valence-corrected chi connectivity index (χ3v) is 6.19. The number of aromatic nitrogens is 2. The maximum absolute atomic E-state index is 10.9. The molecule has 3 rings (SSSR count). The molecule has 2 N–H and O–H groups in total. The summed E-state index contributed by atoms with van der Waals surface area (Å²) in [4.78, 5) is 23.0. The van der Waals surface area contributed by atoms with Gasteiger partial charge in [-0.05, 0) is 56.0 Å². The molecule has 30 heavy (non-hydrogen) atoms. The standard InChI is InChI=1S/C24H29N3O2S/c1-4-6-7-8-19-13-14-21(30-19)24-25-16(3)20(5-2)23(27-24)26-18-11-9-17(10-12-18)15-22(28)29/h9-14H,4-8,15H2,1-3H3,(H,28,29)(H,25,26,27). The molecule has 0 aliphatic heterocycles. The number of aliphatic carboxylic acids is 1. The van der Waals surface area contributed by atoms with E-state index in [0.29, 0.717) is 0 Å². The van der Waals surface area contributed by atoms with Gasteiger partial charge in [0.1, 0.15) is 5.82 Å². The number of anilines is 2. The van der Waals surface area contributed by atoms with Gasteiger partial charge in [-0.3, -0.25) is 4.79 Å². The first-order valence-corrected chi connectivity index (χ1v) is 11.4. The van der Waals surface area contributed by atoms with Crippen molar-refractivity contribution in [1.29, 1.82) is 0 Å². The normalized spacial score (nSPS) is 10.9. The lowest BCUT2D eigenvalue weighted by molar-refractivity contribution is -0.136. The number of rotatable bonds is 10. The Morgan fingerprint density at radius 2 is 1.83 bits per heavy atom. The molecule has 158 valence electrons. The van der Waals surface area contributed by atoms with Crippen LogP contribution in [0, 0.1) is 6.92 Å². The van der Waals surface area contributed by atoms with Crippen LogP contribution in [0.25, 0.3) is 10.7 Å². The molecule has 0 aliphatic rings. The highest BCUT2D eigenvalue weighted by molar-refractivity contribution is 7.15. The van der Waals surface area contributed by atoms with E-state index >= 15 is 0 Å². The second-order valence-electron chi connectivity index (χ2n) is 7.43. The molecule has 3 aromatic rings. The highest BCUT2D eigenvalue weighted by Gasteiger charge is 2.14. The summed E-state index contributed by atoms with van der Waals surface area (Å²) >= 11 is 1.77. The number of aryl methyl sites for hydroxylation is 2. The summed E-state index contributed by atoms with van der Waals surface area (Å²) in [5.74, 6) is 0.735. The van der Waals surface area contributed by atoms with Crippen LogP contribution in [0.3, 0.4) is 0 Å². The van der Waals surface area contributed by atoms with Gasteiger partial charge in [0.05, 0.1) is 11.3 Å². The predicted molar refractivity (Wildman–Crippen MR) is 124 cm³/mol. The van der Waals surface area contributed by atoms with Gasteiger partial charge < -0.3 is 10.4 Å². The van der Waals surface area contributed by atoms with Crippen LogP contribution in [-0.4, -0.2) is 21.0 Å². The van der Waals surface area contributed by atoms with Crippen molar-refractivity contribution < 1.29 is 9.90 Å². The molecular formula is C24H29N3O2S. The minimum Gasteiger partial charge on any atom is -0.481 e. The zero-order valence-corrected chi connectivity index (χ0v) is 18.7. The first kappa shape index (κ1) is 22.0. The SMILES string of the molecule is CCCCCc1ccc(-c2nc(C)c(CC)c(Nc3ccc(CC(=O)O)cc3)n2)s1. The Morgan fingerprint density at radius 1 is 1.07 bits per heavy atom. The molecule has 0 bridgehead atoms. The smallest absolute Gasteiger partial charge is 0.307 e. The Bertz CT molecular complexity index is 996. The number of carboxylic acids is 1. The van der Waals surface area contributed by atoms with Crippen molar-refractivity contribution >= 4 is 28.8 Å². The minimum absolute atomic E-state index is 0.0240. The van der Waals surface area contributed by atoms with E-state index in [1.54, 1.807) is 11.3 Å². The van der Waals surface area contributed by atoms with Gasteiger partial charge in [-0.15, -0.1) is 11.3 Å². The van der Waals surface area contributed by atoms with Gasteiger partial charge in [-0.1, -0.05) is 38.8 Å². The Hall–Kier alpha value is -2.73. The van der Waals surface area contributed by atoms with Crippen molar-refractivity contribution in [3.63, 3.8) is 0 Å². The van der Waals surface area contributed by atoms with Crippen LogP contribution >= 0.6 is 11.3 Å². The van der Waals surface area contributed by atoms with Crippen LogP contribution in [0.4, 0.5) is 11.5 Å². The highest BCUT2D eigenvalue weighted by atomic mass is 32.1. The zero-order chi connectivity index (χ0) is 21.5. The number of thiophene rings is 1. The molecule has 0 fully saturated rings. The van der Waals surface area contributed by atoms with Crippen molar-refractivity contribution in [3.8, 4) is 10.7 Å². The van der Waals surface area contributed by atoms with Crippen LogP contribution < -0.4 is 5.32 Å².